The van der Waals surface area contributed by atoms with E-state index in [0.717, 1.165) is 34.1 Å². The van der Waals surface area contributed by atoms with E-state index < -0.39 is 0 Å². The van der Waals surface area contributed by atoms with Crippen LogP contribution in [-0.2, 0) is 0 Å². The minimum atomic E-state index is -0.140. The zero-order valence-electron chi connectivity index (χ0n) is 18.0. The Morgan fingerprint density at radius 3 is 2.64 bits per heavy atom. The summed E-state index contributed by atoms with van der Waals surface area (Å²) in [7, 11) is 0. The van der Waals surface area contributed by atoms with E-state index in [9.17, 15) is 0 Å². The number of nitrogens with zero attached hydrogens (tertiary/aromatic N) is 6. The molecular weight excluding hydrogens is 438 g/mol. The molecule has 1 fully saturated rings. The Labute approximate surface area is 195 Å². The van der Waals surface area contributed by atoms with Gasteiger partial charge >= 0.3 is 0 Å². The molecule has 33 heavy (non-hydrogen) atoms. The largest absolute Gasteiger partial charge is 0.454 e. The summed E-state index contributed by atoms with van der Waals surface area (Å²) in [5, 5.41) is 12.1. The number of benzene rings is 1. The predicted octanol–water partition coefficient (Wildman–Crippen LogP) is 3.31. The van der Waals surface area contributed by atoms with Crippen LogP contribution in [0.15, 0.2) is 61.3 Å². The van der Waals surface area contributed by atoms with E-state index in [4.69, 9.17) is 21.7 Å². The summed E-state index contributed by atoms with van der Waals surface area (Å²) >= 11 is 5.85. The highest BCUT2D eigenvalue weighted by atomic mass is 32.1. The van der Waals surface area contributed by atoms with Crippen LogP contribution in [0.1, 0.15) is 34.7 Å². The second-order valence-electron chi connectivity index (χ2n) is 8.01. The molecule has 3 aromatic heterocycles. The molecule has 166 valence electrons. The van der Waals surface area contributed by atoms with E-state index in [2.05, 4.69) is 50.0 Å². The topological polar surface area (TPSA) is 82.3 Å². The second kappa shape index (κ2) is 7.59. The van der Waals surface area contributed by atoms with Crippen molar-refractivity contribution in [3.05, 3.63) is 84.0 Å². The summed E-state index contributed by atoms with van der Waals surface area (Å²) in [6, 6.07) is 13.8. The van der Waals surface area contributed by atoms with Gasteiger partial charge in [0.15, 0.2) is 16.6 Å². The van der Waals surface area contributed by atoms with E-state index in [1.807, 2.05) is 41.1 Å². The summed E-state index contributed by atoms with van der Waals surface area (Å²) in [6.45, 7) is 4.39. The first-order chi connectivity index (χ1) is 16.1. The highest BCUT2D eigenvalue weighted by Gasteiger charge is 2.42. The van der Waals surface area contributed by atoms with E-state index in [1.54, 1.807) is 18.9 Å². The highest BCUT2D eigenvalue weighted by molar-refractivity contribution is 7.80. The third kappa shape index (κ3) is 3.13. The average Bonchev–Trinajstić information content (AvgIpc) is 3.60. The zero-order valence-corrected chi connectivity index (χ0v) is 18.9. The Bertz CT molecular complexity index is 1340. The number of fused-ring (bicyclic) bond motifs is 1. The number of hydrogen-bond donors (Lipinski definition) is 1. The Morgan fingerprint density at radius 2 is 1.85 bits per heavy atom. The van der Waals surface area contributed by atoms with Crippen LogP contribution in [0.4, 0.5) is 5.69 Å². The lowest BCUT2D eigenvalue weighted by Crippen LogP contribution is -2.29. The Balaban J connectivity index is 1.52. The average molecular weight is 460 g/mol. The molecule has 2 atom stereocenters. The maximum atomic E-state index is 5.85. The van der Waals surface area contributed by atoms with Gasteiger partial charge in [0.05, 0.1) is 17.8 Å². The lowest BCUT2D eigenvalue weighted by atomic mass is 9.96. The van der Waals surface area contributed by atoms with Crippen molar-refractivity contribution in [3.8, 4) is 11.5 Å². The van der Waals surface area contributed by atoms with Crippen molar-refractivity contribution in [2.75, 3.05) is 11.7 Å². The Kier molecular flexibility index (Phi) is 4.54. The van der Waals surface area contributed by atoms with E-state index in [1.165, 1.54) is 0 Å². The monoisotopic (exact) mass is 459 g/mol. The normalized spacial score (nSPS) is 19.2. The predicted molar refractivity (Wildman–Crippen MR) is 125 cm³/mol. The molecule has 0 spiro atoms. The molecule has 6 rings (SSSR count). The summed E-state index contributed by atoms with van der Waals surface area (Å²) in [5.74, 6) is 1.45. The fourth-order valence-corrected chi connectivity index (χ4v) is 5.06. The third-order valence-corrected chi connectivity index (χ3v) is 6.44. The molecule has 5 heterocycles. The molecule has 1 saturated heterocycles. The highest BCUT2D eigenvalue weighted by Crippen LogP contribution is 2.45. The molecule has 0 amide bonds. The fraction of sp³-hybridized carbons (Fsp3) is 0.217. The van der Waals surface area contributed by atoms with Crippen molar-refractivity contribution in [1.82, 2.24) is 29.9 Å². The molecular formula is C23H21N7O2S. The quantitative estimate of drug-likeness (QED) is 0.466. The minimum absolute atomic E-state index is 0.135. The molecule has 2 unspecified atom stereocenters. The van der Waals surface area contributed by atoms with Gasteiger partial charge in [0, 0.05) is 34.9 Å². The van der Waals surface area contributed by atoms with Crippen LogP contribution in [0, 0.1) is 13.8 Å². The van der Waals surface area contributed by atoms with Gasteiger partial charge in [-0.15, -0.1) is 10.2 Å². The number of aryl methyl sites for hydroxylation is 1. The molecule has 1 aromatic carbocycles. The smallest absolute Gasteiger partial charge is 0.231 e. The number of ether oxygens (including phenoxy) is 2. The summed E-state index contributed by atoms with van der Waals surface area (Å²) in [5.41, 5.74) is 5.10. The van der Waals surface area contributed by atoms with Crippen molar-refractivity contribution >= 4 is 23.0 Å². The Morgan fingerprint density at radius 1 is 1.03 bits per heavy atom. The fourth-order valence-electron chi connectivity index (χ4n) is 4.71. The standard InChI is InChI=1S/C23H21N7O2S/c1-14-9-17(15(2)30(14)28-11-25-26-12-28)22-21(18-5-3-4-8-24-18)27-23(33)29(22)16-6-7-19-20(10-16)32-13-31-19/h3-12,21-22H,13H2,1-2H3,(H,27,33). The van der Waals surface area contributed by atoms with Gasteiger partial charge < -0.3 is 19.7 Å². The van der Waals surface area contributed by atoms with Gasteiger partial charge in [0.1, 0.15) is 12.7 Å². The van der Waals surface area contributed by atoms with Crippen LogP contribution >= 0.6 is 12.2 Å². The van der Waals surface area contributed by atoms with Gasteiger partial charge in [-0.25, -0.2) is 4.68 Å². The van der Waals surface area contributed by atoms with E-state index >= 15 is 0 Å². The maximum Gasteiger partial charge on any atom is 0.231 e. The van der Waals surface area contributed by atoms with Crippen LogP contribution < -0.4 is 19.7 Å². The number of rotatable bonds is 4. The number of anilines is 1. The lowest BCUT2D eigenvalue weighted by Gasteiger charge is -2.28. The lowest BCUT2D eigenvalue weighted by molar-refractivity contribution is 0.174. The first-order valence-corrected chi connectivity index (χ1v) is 11.0. The van der Waals surface area contributed by atoms with E-state index in [0.29, 0.717) is 10.9 Å². The molecule has 1 N–H and O–H groups in total. The number of pyridine rings is 1. The van der Waals surface area contributed by atoms with Crippen LogP contribution in [0.5, 0.6) is 11.5 Å². The van der Waals surface area contributed by atoms with Crippen molar-refractivity contribution in [2.45, 2.75) is 25.9 Å². The molecule has 0 radical (unpaired) electrons. The van der Waals surface area contributed by atoms with Crippen molar-refractivity contribution in [2.24, 2.45) is 0 Å². The summed E-state index contributed by atoms with van der Waals surface area (Å²) in [4.78, 5) is 6.77. The number of thiocarbonyl (C=S) groups is 1. The first-order valence-electron chi connectivity index (χ1n) is 10.6. The SMILES string of the molecule is Cc1cc(C2C(c3ccccn3)NC(=S)N2c2ccc3c(c2)OCO3)c(C)n1-n1cnnc1. The van der Waals surface area contributed by atoms with Gasteiger partial charge in [0.2, 0.25) is 6.79 Å². The molecule has 0 aliphatic carbocycles. The number of aromatic nitrogens is 5. The zero-order chi connectivity index (χ0) is 22.5. The molecule has 9 nitrogen and oxygen atoms in total. The molecule has 2 aliphatic heterocycles. The van der Waals surface area contributed by atoms with Gasteiger partial charge in [0.25, 0.3) is 0 Å². The first kappa shape index (κ1) is 19.7. The van der Waals surface area contributed by atoms with Crippen LogP contribution in [0.3, 0.4) is 0 Å². The van der Waals surface area contributed by atoms with Gasteiger partial charge in [-0.05, 0) is 56.4 Å². The third-order valence-electron chi connectivity index (χ3n) is 6.12. The molecule has 0 bridgehead atoms. The summed E-state index contributed by atoms with van der Waals surface area (Å²) in [6.07, 6.45) is 5.18. The van der Waals surface area contributed by atoms with Crippen molar-refractivity contribution in [1.29, 1.82) is 0 Å². The molecule has 10 heteroatoms. The van der Waals surface area contributed by atoms with Gasteiger partial charge in [-0.2, -0.15) is 0 Å². The minimum Gasteiger partial charge on any atom is -0.454 e. The number of hydrogen-bond acceptors (Lipinski definition) is 6. The maximum absolute atomic E-state index is 5.85. The van der Waals surface area contributed by atoms with Crippen LogP contribution in [0.2, 0.25) is 0 Å². The van der Waals surface area contributed by atoms with Crippen molar-refractivity contribution in [3.63, 3.8) is 0 Å². The molecule has 2 aliphatic rings. The van der Waals surface area contributed by atoms with E-state index in [-0.39, 0.29) is 18.9 Å². The van der Waals surface area contributed by atoms with Gasteiger partial charge in [-0.1, -0.05) is 6.07 Å². The summed E-state index contributed by atoms with van der Waals surface area (Å²) < 4.78 is 15.1. The van der Waals surface area contributed by atoms with Gasteiger partial charge in [-0.3, -0.25) is 9.66 Å². The van der Waals surface area contributed by atoms with Crippen molar-refractivity contribution < 1.29 is 9.47 Å². The second-order valence-corrected chi connectivity index (χ2v) is 8.40. The van der Waals surface area contributed by atoms with Crippen LogP contribution in [-0.4, -0.2) is 36.4 Å². The molecule has 0 saturated carbocycles. The van der Waals surface area contributed by atoms with Crippen LogP contribution in [0.25, 0.3) is 0 Å². The number of nitrogens with one attached hydrogen (secondary N) is 1. The Hall–Kier alpha value is -3.92. The molecule has 4 aromatic rings.